The Morgan fingerprint density at radius 3 is 2.70 bits per heavy atom. The summed E-state index contributed by atoms with van der Waals surface area (Å²) < 4.78 is 5.48. The fourth-order valence-electron chi connectivity index (χ4n) is 2.14. The zero-order valence-corrected chi connectivity index (χ0v) is 12.2. The van der Waals surface area contributed by atoms with Crippen LogP contribution >= 0.6 is 0 Å². The van der Waals surface area contributed by atoms with Crippen molar-refractivity contribution >= 4 is 11.6 Å². The van der Waals surface area contributed by atoms with E-state index < -0.39 is 0 Å². The molecule has 0 bridgehead atoms. The van der Waals surface area contributed by atoms with Crippen LogP contribution in [-0.4, -0.2) is 17.9 Å². The second-order valence-electron chi connectivity index (χ2n) is 4.74. The number of hydrogen-bond donors (Lipinski definition) is 2. The number of aryl methyl sites for hydroxylation is 2. The van der Waals surface area contributed by atoms with Gasteiger partial charge in [-0.2, -0.15) is 0 Å². The fraction of sp³-hybridized carbons (Fsp3) is 0.333. The molecule has 1 amide bonds. The molecule has 1 unspecified atom stereocenters. The molecule has 0 saturated heterocycles. The van der Waals surface area contributed by atoms with Crippen molar-refractivity contribution in [1.82, 2.24) is 10.3 Å². The van der Waals surface area contributed by atoms with Crippen molar-refractivity contribution in [3.63, 3.8) is 0 Å². The molecule has 5 heteroatoms. The molecule has 1 atom stereocenters. The molecule has 0 saturated carbocycles. The van der Waals surface area contributed by atoms with E-state index >= 15 is 0 Å². The van der Waals surface area contributed by atoms with Gasteiger partial charge in [-0.3, -0.25) is 9.78 Å². The quantitative estimate of drug-likeness (QED) is 0.899. The van der Waals surface area contributed by atoms with Gasteiger partial charge >= 0.3 is 0 Å². The first kappa shape index (κ1) is 14.1. The maximum Gasteiger partial charge on any atom is 0.270 e. The van der Waals surface area contributed by atoms with Crippen molar-refractivity contribution in [2.75, 3.05) is 12.4 Å². The Balaban J connectivity index is 2.12. The molecular weight excluding hydrogens is 254 g/mol. The molecule has 0 fully saturated rings. The molecule has 0 aliphatic rings. The van der Waals surface area contributed by atoms with Crippen LogP contribution in [0.3, 0.4) is 0 Å². The summed E-state index contributed by atoms with van der Waals surface area (Å²) in [6.07, 6.45) is 1.61. The normalized spacial score (nSPS) is 12.0. The van der Waals surface area contributed by atoms with Crippen molar-refractivity contribution in [3.8, 4) is 0 Å². The van der Waals surface area contributed by atoms with Crippen molar-refractivity contribution in [2.24, 2.45) is 0 Å². The summed E-state index contributed by atoms with van der Waals surface area (Å²) in [5.41, 5.74) is 2.23. The maximum atomic E-state index is 12.2. The number of aromatic nitrogens is 1. The second-order valence-corrected chi connectivity index (χ2v) is 4.74. The van der Waals surface area contributed by atoms with Gasteiger partial charge in [0.25, 0.3) is 5.91 Å². The van der Waals surface area contributed by atoms with E-state index in [-0.39, 0.29) is 11.9 Å². The number of nitrogens with zero attached hydrogens (tertiary/aromatic N) is 1. The van der Waals surface area contributed by atoms with Crippen molar-refractivity contribution in [2.45, 2.75) is 26.8 Å². The van der Waals surface area contributed by atoms with Crippen LogP contribution in [0.5, 0.6) is 0 Å². The van der Waals surface area contributed by atoms with Crippen LogP contribution in [0, 0.1) is 13.8 Å². The summed E-state index contributed by atoms with van der Waals surface area (Å²) in [5, 5.41) is 5.91. The SMILES string of the molecule is CNc1ccnc(C(=O)NC(C)c2cc(C)oc2C)c1. The number of rotatable bonds is 4. The minimum absolute atomic E-state index is 0.125. The van der Waals surface area contributed by atoms with Gasteiger partial charge in [-0.15, -0.1) is 0 Å². The molecular formula is C15H19N3O2. The highest BCUT2D eigenvalue weighted by atomic mass is 16.3. The van der Waals surface area contributed by atoms with Gasteiger partial charge in [-0.25, -0.2) is 0 Å². The molecule has 2 rings (SSSR count). The summed E-state index contributed by atoms with van der Waals surface area (Å²) in [5.74, 6) is 1.47. The Morgan fingerprint density at radius 2 is 2.10 bits per heavy atom. The van der Waals surface area contributed by atoms with Crippen LogP contribution in [0.15, 0.2) is 28.8 Å². The molecule has 106 valence electrons. The topological polar surface area (TPSA) is 67.2 Å². The molecule has 0 radical (unpaired) electrons. The summed E-state index contributed by atoms with van der Waals surface area (Å²) in [4.78, 5) is 16.3. The molecule has 20 heavy (non-hydrogen) atoms. The average molecular weight is 273 g/mol. The minimum Gasteiger partial charge on any atom is -0.466 e. The van der Waals surface area contributed by atoms with Gasteiger partial charge in [0.15, 0.2) is 0 Å². The molecule has 0 aliphatic heterocycles. The molecule has 5 nitrogen and oxygen atoms in total. The van der Waals surface area contributed by atoms with E-state index in [9.17, 15) is 4.79 Å². The molecule has 2 heterocycles. The molecule has 0 spiro atoms. The van der Waals surface area contributed by atoms with Crippen molar-refractivity contribution < 1.29 is 9.21 Å². The lowest BCUT2D eigenvalue weighted by Gasteiger charge is -2.13. The largest absolute Gasteiger partial charge is 0.466 e. The van der Waals surface area contributed by atoms with E-state index in [1.807, 2.05) is 32.9 Å². The number of anilines is 1. The van der Waals surface area contributed by atoms with Crippen LogP contribution < -0.4 is 10.6 Å². The third-order valence-corrected chi connectivity index (χ3v) is 3.17. The van der Waals surface area contributed by atoms with Crippen LogP contribution in [0.2, 0.25) is 0 Å². The lowest BCUT2D eigenvalue weighted by molar-refractivity contribution is 0.0934. The standard InChI is InChI=1S/C15H19N3O2/c1-9-7-13(11(3)20-9)10(2)18-15(19)14-8-12(16-4)5-6-17-14/h5-8,10H,1-4H3,(H,16,17)(H,18,19). The molecule has 2 N–H and O–H groups in total. The van der Waals surface area contributed by atoms with Gasteiger partial charge < -0.3 is 15.1 Å². The second kappa shape index (κ2) is 5.77. The van der Waals surface area contributed by atoms with Gasteiger partial charge in [-0.05, 0) is 39.0 Å². The first-order chi connectivity index (χ1) is 9.51. The lowest BCUT2D eigenvalue weighted by Crippen LogP contribution is -2.27. The highest BCUT2D eigenvalue weighted by Gasteiger charge is 2.16. The van der Waals surface area contributed by atoms with E-state index in [2.05, 4.69) is 15.6 Å². The first-order valence-electron chi connectivity index (χ1n) is 6.53. The van der Waals surface area contributed by atoms with E-state index in [4.69, 9.17) is 4.42 Å². The van der Waals surface area contributed by atoms with Crippen LogP contribution in [-0.2, 0) is 0 Å². The summed E-state index contributed by atoms with van der Waals surface area (Å²) >= 11 is 0. The van der Waals surface area contributed by atoms with E-state index in [1.165, 1.54) is 0 Å². The van der Waals surface area contributed by atoms with E-state index in [0.29, 0.717) is 5.69 Å². The number of pyridine rings is 1. The summed E-state index contributed by atoms with van der Waals surface area (Å²) in [6.45, 7) is 5.71. The summed E-state index contributed by atoms with van der Waals surface area (Å²) in [6, 6.07) is 5.34. The number of furan rings is 1. The van der Waals surface area contributed by atoms with Crippen LogP contribution in [0.25, 0.3) is 0 Å². The molecule has 2 aromatic heterocycles. The van der Waals surface area contributed by atoms with Gasteiger partial charge in [0.2, 0.25) is 0 Å². The average Bonchev–Trinajstić information content (AvgIpc) is 2.77. The Bertz CT molecular complexity index is 619. The van der Waals surface area contributed by atoms with Gasteiger partial charge in [0, 0.05) is 24.5 Å². The van der Waals surface area contributed by atoms with Gasteiger partial charge in [0.1, 0.15) is 17.2 Å². The highest BCUT2D eigenvalue weighted by Crippen LogP contribution is 2.21. The van der Waals surface area contributed by atoms with Crippen LogP contribution in [0.1, 0.15) is 40.5 Å². The number of carbonyl (C=O) groups excluding carboxylic acids is 1. The van der Waals surface area contributed by atoms with E-state index in [1.54, 1.807) is 19.3 Å². The molecule has 2 aromatic rings. The number of amides is 1. The number of hydrogen-bond acceptors (Lipinski definition) is 4. The van der Waals surface area contributed by atoms with Gasteiger partial charge in [-0.1, -0.05) is 0 Å². The summed E-state index contributed by atoms with van der Waals surface area (Å²) in [7, 11) is 1.80. The monoisotopic (exact) mass is 273 g/mol. The zero-order valence-electron chi connectivity index (χ0n) is 12.2. The Hall–Kier alpha value is -2.30. The Labute approximate surface area is 118 Å². The van der Waals surface area contributed by atoms with Crippen molar-refractivity contribution in [3.05, 3.63) is 47.2 Å². The third-order valence-electron chi connectivity index (χ3n) is 3.17. The number of nitrogens with one attached hydrogen (secondary N) is 2. The lowest BCUT2D eigenvalue weighted by atomic mass is 10.1. The Morgan fingerprint density at radius 1 is 1.35 bits per heavy atom. The predicted molar refractivity (Wildman–Crippen MR) is 77.8 cm³/mol. The zero-order chi connectivity index (χ0) is 14.7. The smallest absolute Gasteiger partial charge is 0.270 e. The van der Waals surface area contributed by atoms with Crippen molar-refractivity contribution in [1.29, 1.82) is 0 Å². The Kier molecular flexibility index (Phi) is 4.08. The fourth-order valence-corrected chi connectivity index (χ4v) is 2.14. The molecule has 0 aliphatic carbocycles. The molecule has 0 aromatic carbocycles. The third kappa shape index (κ3) is 2.99. The van der Waals surface area contributed by atoms with Crippen LogP contribution in [0.4, 0.5) is 5.69 Å². The predicted octanol–water partition coefficient (Wildman–Crippen LogP) is 2.82. The highest BCUT2D eigenvalue weighted by molar-refractivity contribution is 5.93. The van der Waals surface area contributed by atoms with Gasteiger partial charge in [0.05, 0.1) is 6.04 Å². The maximum absolute atomic E-state index is 12.2. The minimum atomic E-state index is -0.201. The number of carbonyl (C=O) groups is 1. The van der Waals surface area contributed by atoms with E-state index in [0.717, 1.165) is 22.8 Å². The first-order valence-corrected chi connectivity index (χ1v) is 6.53.